The maximum Gasteiger partial charge on any atom is 0.0953 e. The van der Waals surface area contributed by atoms with Gasteiger partial charge in [0, 0.05) is 28.5 Å². The summed E-state index contributed by atoms with van der Waals surface area (Å²) in [5, 5.41) is 3.49. The van der Waals surface area contributed by atoms with Crippen LogP contribution in [0.5, 0.6) is 0 Å². The molecule has 96 valence electrons. The maximum atomic E-state index is 4.44. The molecule has 0 radical (unpaired) electrons. The summed E-state index contributed by atoms with van der Waals surface area (Å²) >= 11 is 1.90. The van der Waals surface area contributed by atoms with Crippen molar-refractivity contribution in [1.82, 2.24) is 14.9 Å². The quantitative estimate of drug-likeness (QED) is 0.866. The van der Waals surface area contributed by atoms with E-state index in [1.165, 1.54) is 22.6 Å². The number of thiophene rings is 1. The Hall–Kier alpha value is -1.13. The SMILES string of the molecule is CCc1ccc(Cn2cnc(CNC3CC3)c2)s1. The maximum absolute atomic E-state index is 4.44. The molecule has 0 bridgehead atoms. The Balaban J connectivity index is 1.58. The average Bonchev–Trinajstić information content (AvgIpc) is 2.93. The Morgan fingerprint density at radius 3 is 2.94 bits per heavy atom. The first-order valence-electron chi connectivity index (χ1n) is 6.65. The summed E-state index contributed by atoms with van der Waals surface area (Å²) in [4.78, 5) is 7.31. The van der Waals surface area contributed by atoms with Crippen molar-refractivity contribution in [2.24, 2.45) is 0 Å². The molecule has 1 aliphatic rings. The van der Waals surface area contributed by atoms with E-state index in [0.29, 0.717) is 0 Å². The monoisotopic (exact) mass is 261 g/mol. The van der Waals surface area contributed by atoms with Gasteiger partial charge in [-0.1, -0.05) is 6.92 Å². The molecule has 0 aromatic carbocycles. The predicted molar refractivity (Wildman–Crippen MR) is 74.9 cm³/mol. The van der Waals surface area contributed by atoms with Crippen LogP contribution in [0.2, 0.25) is 0 Å². The molecule has 0 aliphatic heterocycles. The molecule has 2 heterocycles. The van der Waals surface area contributed by atoms with Gasteiger partial charge in [0.05, 0.1) is 18.6 Å². The molecule has 3 nitrogen and oxygen atoms in total. The lowest BCUT2D eigenvalue weighted by Gasteiger charge is -1.99. The zero-order valence-corrected chi connectivity index (χ0v) is 11.5. The Morgan fingerprint density at radius 2 is 2.22 bits per heavy atom. The molecule has 2 aromatic rings. The molecule has 4 heteroatoms. The number of imidazole rings is 1. The minimum atomic E-state index is 0.750. The van der Waals surface area contributed by atoms with Crippen LogP contribution in [0.15, 0.2) is 24.7 Å². The molecular weight excluding hydrogens is 242 g/mol. The van der Waals surface area contributed by atoms with Gasteiger partial charge < -0.3 is 9.88 Å². The summed E-state index contributed by atoms with van der Waals surface area (Å²) in [6, 6.07) is 5.21. The fourth-order valence-corrected chi connectivity index (χ4v) is 2.96. The number of aryl methyl sites for hydroxylation is 1. The van der Waals surface area contributed by atoms with Crippen molar-refractivity contribution in [3.8, 4) is 0 Å². The second-order valence-electron chi connectivity index (χ2n) is 4.91. The predicted octanol–water partition coefficient (Wildman–Crippen LogP) is 2.81. The van der Waals surface area contributed by atoms with E-state index in [1.54, 1.807) is 0 Å². The van der Waals surface area contributed by atoms with Gasteiger partial charge in [0.1, 0.15) is 0 Å². The number of nitrogens with zero attached hydrogens (tertiary/aromatic N) is 2. The molecule has 2 aromatic heterocycles. The van der Waals surface area contributed by atoms with E-state index < -0.39 is 0 Å². The third-order valence-electron chi connectivity index (χ3n) is 3.24. The summed E-state index contributed by atoms with van der Waals surface area (Å²) < 4.78 is 2.18. The van der Waals surface area contributed by atoms with E-state index in [9.17, 15) is 0 Å². The van der Waals surface area contributed by atoms with E-state index in [2.05, 4.69) is 40.1 Å². The van der Waals surface area contributed by atoms with E-state index in [-0.39, 0.29) is 0 Å². The van der Waals surface area contributed by atoms with Crippen molar-refractivity contribution in [1.29, 1.82) is 0 Å². The molecular formula is C14H19N3S. The van der Waals surface area contributed by atoms with Gasteiger partial charge in [0.2, 0.25) is 0 Å². The second kappa shape index (κ2) is 5.24. The van der Waals surface area contributed by atoms with E-state index in [4.69, 9.17) is 0 Å². The van der Waals surface area contributed by atoms with Gasteiger partial charge in [-0.15, -0.1) is 11.3 Å². The van der Waals surface area contributed by atoms with Gasteiger partial charge in [-0.2, -0.15) is 0 Å². The van der Waals surface area contributed by atoms with Crippen LogP contribution in [0.4, 0.5) is 0 Å². The van der Waals surface area contributed by atoms with Crippen LogP contribution in [-0.4, -0.2) is 15.6 Å². The fraction of sp³-hybridized carbons (Fsp3) is 0.500. The first-order chi connectivity index (χ1) is 8.83. The molecule has 1 N–H and O–H groups in total. The van der Waals surface area contributed by atoms with Gasteiger partial charge >= 0.3 is 0 Å². The Morgan fingerprint density at radius 1 is 1.39 bits per heavy atom. The lowest BCUT2D eigenvalue weighted by atomic mass is 10.3. The third-order valence-corrected chi connectivity index (χ3v) is 4.45. The molecule has 0 amide bonds. The van der Waals surface area contributed by atoms with Crippen LogP contribution in [0.25, 0.3) is 0 Å². The van der Waals surface area contributed by atoms with Gasteiger partial charge in [-0.25, -0.2) is 4.98 Å². The molecule has 1 saturated carbocycles. The second-order valence-corrected chi connectivity index (χ2v) is 6.17. The molecule has 3 rings (SSSR count). The van der Waals surface area contributed by atoms with Crippen molar-refractivity contribution in [2.45, 2.75) is 45.3 Å². The van der Waals surface area contributed by atoms with Crippen molar-refractivity contribution in [3.63, 3.8) is 0 Å². The van der Waals surface area contributed by atoms with Gasteiger partial charge in [-0.3, -0.25) is 0 Å². The van der Waals surface area contributed by atoms with Crippen molar-refractivity contribution >= 4 is 11.3 Å². The van der Waals surface area contributed by atoms with Crippen LogP contribution < -0.4 is 5.32 Å². The first-order valence-corrected chi connectivity index (χ1v) is 7.47. The lowest BCUT2D eigenvalue weighted by Crippen LogP contribution is -2.15. The van der Waals surface area contributed by atoms with Gasteiger partial charge in [0.25, 0.3) is 0 Å². The summed E-state index contributed by atoms with van der Waals surface area (Å²) in [5.74, 6) is 0. The summed E-state index contributed by atoms with van der Waals surface area (Å²) in [6.07, 6.45) is 7.88. The Kier molecular flexibility index (Phi) is 3.48. The van der Waals surface area contributed by atoms with Crippen molar-refractivity contribution in [3.05, 3.63) is 40.1 Å². The number of hydrogen-bond donors (Lipinski definition) is 1. The number of rotatable bonds is 6. The standard InChI is InChI=1S/C14H19N3S/c1-2-13-5-6-14(18-13)9-17-8-12(16-10-17)7-15-11-3-4-11/h5-6,8,10-11,15H,2-4,7,9H2,1H3. The average molecular weight is 261 g/mol. The minimum absolute atomic E-state index is 0.750. The van der Waals surface area contributed by atoms with Crippen molar-refractivity contribution < 1.29 is 0 Å². The molecule has 0 saturated heterocycles. The zero-order chi connectivity index (χ0) is 12.4. The van der Waals surface area contributed by atoms with Crippen LogP contribution in [0.3, 0.4) is 0 Å². The normalized spacial score (nSPS) is 15.2. The summed E-state index contributed by atoms with van der Waals surface area (Å²) in [5.41, 5.74) is 1.15. The molecule has 18 heavy (non-hydrogen) atoms. The first kappa shape index (κ1) is 11.9. The highest BCUT2D eigenvalue weighted by Gasteiger charge is 2.20. The van der Waals surface area contributed by atoms with Crippen molar-refractivity contribution in [2.75, 3.05) is 0 Å². The largest absolute Gasteiger partial charge is 0.332 e. The highest BCUT2D eigenvalue weighted by molar-refractivity contribution is 7.11. The lowest BCUT2D eigenvalue weighted by molar-refractivity contribution is 0.676. The highest BCUT2D eigenvalue weighted by atomic mass is 32.1. The van der Waals surface area contributed by atoms with Crippen LogP contribution in [0, 0.1) is 0 Å². The zero-order valence-electron chi connectivity index (χ0n) is 10.7. The van der Waals surface area contributed by atoms with Crippen LogP contribution >= 0.6 is 11.3 Å². The summed E-state index contributed by atoms with van der Waals surface area (Å²) in [7, 11) is 0. The molecule has 1 aliphatic carbocycles. The van der Waals surface area contributed by atoms with E-state index in [0.717, 1.165) is 31.2 Å². The minimum Gasteiger partial charge on any atom is -0.332 e. The Labute approximate surface area is 112 Å². The highest BCUT2D eigenvalue weighted by Crippen LogP contribution is 2.20. The number of nitrogens with one attached hydrogen (secondary N) is 1. The smallest absolute Gasteiger partial charge is 0.0953 e. The number of aromatic nitrogens is 2. The molecule has 0 spiro atoms. The number of hydrogen-bond acceptors (Lipinski definition) is 3. The topological polar surface area (TPSA) is 29.9 Å². The molecule has 0 unspecified atom stereocenters. The van der Waals surface area contributed by atoms with Gasteiger partial charge in [0.15, 0.2) is 0 Å². The fourth-order valence-electron chi connectivity index (χ4n) is 2.00. The third kappa shape index (κ3) is 3.00. The molecule has 1 fully saturated rings. The van der Waals surface area contributed by atoms with E-state index >= 15 is 0 Å². The van der Waals surface area contributed by atoms with Crippen LogP contribution in [-0.2, 0) is 19.5 Å². The Bertz CT molecular complexity index is 511. The van der Waals surface area contributed by atoms with E-state index in [1.807, 2.05) is 17.7 Å². The summed E-state index contributed by atoms with van der Waals surface area (Å²) in [6.45, 7) is 4.05. The van der Waals surface area contributed by atoms with Crippen LogP contribution in [0.1, 0.15) is 35.2 Å². The van der Waals surface area contributed by atoms with Gasteiger partial charge in [-0.05, 0) is 31.4 Å². The molecule has 0 atom stereocenters.